The molecule has 6 heteroatoms. The third kappa shape index (κ3) is 3.41. The summed E-state index contributed by atoms with van der Waals surface area (Å²) in [4.78, 5) is 13.5. The van der Waals surface area contributed by atoms with Crippen molar-refractivity contribution in [2.45, 2.75) is 38.4 Å². The Bertz CT molecular complexity index is 469. The second-order valence-corrected chi connectivity index (χ2v) is 7.23. The number of amides is 1. The van der Waals surface area contributed by atoms with Crippen molar-refractivity contribution in [2.24, 2.45) is 0 Å². The van der Waals surface area contributed by atoms with Gasteiger partial charge in [0.2, 0.25) is 0 Å². The number of likely N-dealkylation sites (tertiary alicyclic amines) is 1. The number of hydrogen-bond donors (Lipinski definition) is 1. The lowest BCUT2D eigenvalue weighted by atomic mass is 9.99. The van der Waals surface area contributed by atoms with Gasteiger partial charge in [-0.15, -0.1) is 11.3 Å². The van der Waals surface area contributed by atoms with Gasteiger partial charge in [0.05, 0.1) is 17.0 Å². The molecular weight excluding hydrogens is 286 g/mol. The fourth-order valence-electron chi connectivity index (χ4n) is 2.14. The number of hydrogen-bond acceptors (Lipinski definition) is 4. The monoisotopic (exact) mass is 303 g/mol. The highest BCUT2D eigenvalue weighted by molar-refractivity contribution is 7.14. The maximum atomic E-state index is 12.0. The predicted molar refractivity (Wildman–Crippen MR) is 75.9 cm³/mol. The van der Waals surface area contributed by atoms with E-state index < -0.39 is 11.7 Å². The quantitative estimate of drug-likeness (QED) is 0.867. The Hall–Kier alpha value is -0.780. The van der Waals surface area contributed by atoms with Gasteiger partial charge in [-0.2, -0.15) is 0 Å². The number of carbonyl (C=O) groups excluding carboxylic acids is 1. The van der Waals surface area contributed by atoms with Gasteiger partial charge in [0.1, 0.15) is 5.60 Å². The molecule has 1 amide bonds. The molecule has 0 aliphatic carbocycles. The first-order chi connectivity index (χ1) is 8.78. The normalized spacial score (nSPS) is 23.7. The number of rotatable bonds is 1. The second kappa shape index (κ2) is 5.31. The molecule has 106 valence electrons. The van der Waals surface area contributed by atoms with Crippen molar-refractivity contribution in [2.75, 3.05) is 13.1 Å². The van der Waals surface area contributed by atoms with Crippen molar-refractivity contribution in [1.29, 1.82) is 0 Å². The Labute approximate surface area is 121 Å². The second-order valence-electron chi connectivity index (χ2n) is 5.71. The van der Waals surface area contributed by atoms with E-state index in [0.717, 1.165) is 5.56 Å². The van der Waals surface area contributed by atoms with Gasteiger partial charge in [0.25, 0.3) is 0 Å². The summed E-state index contributed by atoms with van der Waals surface area (Å²) in [5.74, 6) is -0.133. The summed E-state index contributed by atoms with van der Waals surface area (Å²) in [5, 5.41) is 12.0. The van der Waals surface area contributed by atoms with Crippen LogP contribution >= 0.6 is 22.9 Å². The van der Waals surface area contributed by atoms with Gasteiger partial charge in [0.15, 0.2) is 0 Å². The van der Waals surface area contributed by atoms with Crippen LogP contribution in [0.1, 0.15) is 32.3 Å². The van der Waals surface area contributed by atoms with E-state index in [9.17, 15) is 9.90 Å². The molecule has 2 rings (SSSR count). The highest BCUT2D eigenvalue weighted by Crippen LogP contribution is 2.35. The predicted octanol–water partition coefficient (Wildman–Crippen LogP) is 3.10. The molecule has 0 aromatic carbocycles. The average Bonchev–Trinajstić information content (AvgIpc) is 2.82. The van der Waals surface area contributed by atoms with Crippen LogP contribution in [-0.4, -0.2) is 40.9 Å². The minimum Gasteiger partial charge on any atom is -0.444 e. The number of nitrogens with zero attached hydrogens (tertiary/aromatic N) is 1. The number of halogens is 1. The lowest BCUT2D eigenvalue weighted by molar-refractivity contribution is 0.0270. The molecule has 1 N–H and O–H groups in total. The summed E-state index contributed by atoms with van der Waals surface area (Å²) in [5.41, 5.74) is 0.380. The Morgan fingerprint density at radius 3 is 2.74 bits per heavy atom. The van der Waals surface area contributed by atoms with Crippen LogP contribution in [0.5, 0.6) is 0 Å². The number of carbonyl (C=O) groups is 1. The van der Waals surface area contributed by atoms with Crippen LogP contribution in [0.4, 0.5) is 4.79 Å². The largest absolute Gasteiger partial charge is 0.444 e. The van der Waals surface area contributed by atoms with Gasteiger partial charge in [-0.05, 0) is 37.8 Å². The lowest BCUT2D eigenvalue weighted by Crippen LogP contribution is -2.35. The number of aliphatic hydroxyl groups excluding tert-OH is 1. The van der Waals surface area contributed by atoms with E-state index in [2.05, 4.69) is 0 Å². The first-order valence-electron chi connectivity index (χ1n) is 6.17. The highest BCUT2D eigenvalue weighted by Gasteiger charge is 2.38. The van der Waals surface area contributed by atoms with E-state index >= 15 is 0 Å². The van der Waals surface area contributed by atoms with Crippen LogP contribution in [0.2, 0.25) is 4.34 Å². The summed E-state index contributed by atoms with van der Waals surface area (Å²) >= 11 is 7.52. The standard InChI is InChI=1S/C13H18ClNO3S/c1-13(2,3)18-12(17)15-6-9(10(16)7-15)8-4-5-19-11(8)14/h4-5,9-10,16H,6-7H2,1-3H3/t9-,10+/m1/s1. The Kier molecular flexibility index (Phi) is 4.08. The van der Waals surface area contributed by atoms with E-state index in [0.29, 0.717) is 10.9 Å². The van der Waals surface area contributed by atoms with Crippen LogP contribution in [0.3, 0.4) is 0 Å². The molecule has 1 aliphatic heterocycles. The Morgan fingerprint density at radius 2 is 2.21 bits per heavy atom. The molecule has 0 unspecified atom stereocenters. The molecule has 1 aromatic rings. The molecule has 19 heavy (non-hydrogen) atoms. The van der Waals surface area contributed by atoms with Crippen LogP contribution in [0, 0.1) is 0 Å². The molecule has 1 saturated heterocycles. The maximum Gasteiger partial charge on any atom is 0.410 e. The maximum absolute atomic E-state index is 12.0. The number of thiophene rings is 1. The summed E-state index contributed by atoms with van der Waals surface area (Å²) in [6.45, 7) is 6.19. The van der Waals surface area contributed by atoms with E-state index in [-0.39, 0.29) is 18.6 Å². The van der Waals surface area contributed by atoms with E-state index in [1.165, 1.54) is 16.2 Å². The van der Waals surface area contributed by atoms with E-state index in [1.54, 1.807) is 0 Å². The van der Waals surface area contributed by atoms with Gasteiger partial charge in [0, 0.05) is 12.5 Å². The molecule has 1 aromatic heterocycles. The SMILES string of the molecule is CC(C)(C)OC(=O)N1C[C@H](c2ccsc2Cl)[C@@H](O)C1. The molecule has 0 radical (unpaired) electrons. The molecule has 1 aliphatic rings. The van der Waals surface area contributed by atoms with Crippen LogP contribution in [-0.2, 0) is 4.74 Å². The van der Waals surface area contributed by atoms with Crippen molar-refractivity contribution in [3.05, 3.63) is 21.3 Å². The average molecular weight is 304 g/mol. The van der Waals surface area contributed by atoms with E-state index in [1.807, 2.05) is 32.2 Å². The highest BCUT2D eigenvalue weighted by atomic mass is 35.5. The minimum atomic E-state index is -0.598. The molecule has 1 fully saturated rings. The zero-order chi connectivity index (χ0) is 14.2. The lowest BCUT2D eigenvalue weighted by Gasteiger charge is -2.24. The zero-order valence-electron chi connectivity index (χ0n) is 11.2. The number of ether oxygens (including phenoxy) is 1. The van der Waals surface area contributed by atoms with Crippen molar-refractivity contribution in [1.82, 2.24) is 4.90 Å². The van der Waals surface area contributed by atoms with Gasteiger partial charge in [-0.1, -0.05) is 11.6 Å². The van der Waals surface area contributed by atoms with Crippen LogP contribution < -0.4 is 0 Å². The minimum absolute atomic E-state index is 0.133. The van der Waals surface area contributed by atoms with Gasteiger partial charge in [-0.25, -0.2) is 4.79 Å². The molecule has 0 spiro atoms. The zero-order valence-corrected chi connectivity index (χ0v) is 12.8. The molecular formula is C13H18ClNO3S. The molecule has 2 atom stereocenters. The summed E-state index contributed by atoms with van der Waals surface area (Å²) in [7, 11) is 0. The van der Waals surface area contributed by atoms with Crippen molar-refractivity contribution in [3.63, 3.8) is 0 Å². The van der Waals surface area contributed by atoms with Crippen molar-refractivity contribution < 1.29 is 14.6 Å². The van der Waals surface area contributed by atoms with Gasteiger partial charge < -0.3 is 14.7 Å². The smallest absolute Gasteiger partial charge is 0.410 e. The van der Waals surface area contributed by atoms with Gasteiger partial charge >= 0.3 is 6.09 Å². The fourth-order valence-corrected chi connectivity index (χ4v) is 3.18. The van der Waals surface area contributed by atoms with Crippen LogP contribution in [0.25, 0.3) is 0 Å². The third-order valence-corrected chi connectivity index (χ3v) is 4.19. The number of β-amino-alcohol motifs (C(OH)–C–C–N with tert-alkyl or cyclic N) is 1. The van der Waals surface area contributed by atoms with Crippen molar-refractivity contribution in [3.8, 4) is 0 Å². The summed E-state index contributed by atoms with van der Waals surface area (Å²) in [6.07, 6.45) is -0.986. The number of aliphatic hydroxyl groups is 1. The summed E-state index contributed by atoms with van der Waals surface area (Å²) in [6, 6.07) is 1.90. The molecule has 0 bridgehead atoms. The molecule has 0 saturated carbocycles. The van der Waals surface area contributed by atoms with Crippen LogP contribution in [0.15, 0.2) is 11.4 Å². The first-order valence-corrected chi connectivity index (χ1v) is 7.42. The first kappa shape index (κ1) is 14.6. The Balaban J connectivity index is 2.06. The summed E-state index contributed by atoms with van der Waals surface area (Å²) < 4.78 is 5.99. The molecule has 2 heterocycles. The third-order valence-electron chi connectivity index (χ3n) is 2.99. The van der Waals surface area contributed by atoms with Crippen molar-refractivity contribution >= 4 is 29.0 Å². The molecule has 4 nitrogen and oxygen atoms in total. The topological polar surface area (TPSA) is 49.8 Å². The Morgan fingerprint density at radius 1 is 1.53 bits per heavy atom. The van der Waals surface area contributed by atoms with Gasteiger partial charge in [-0.3, -0.25) is 0 Å². The fraction of sp³-hybridized carbons (Fsp3) is 0.615. The van der Waals surface area contributed by atoms with E-state index in [4.69, 9.17) is 16.3 Å².